The van der Waals surface area contributed by atoms with Crippen molar-refractivity contribution in [3.63, 3.8) is 0 Å². The molecule has 2 N–H and O–H groups in total. The van der Waals surface area contributed by atoms with Crippen LogP contribution >= 0.6 is 22.9 Å². The molecule has 27 heavy (non-hydrogen) atoms. The molecule has 0 bridgehead atoms. The molecule has 6 heteroatoms. The molecule has 0 aliphatic heterocycles. The zero-order chi connectivity index (χ0) is 19.8. The Balaban J connectivity index is 1.94. The van der Waals surface area contributed by atoms with Crippen molar-refractivity contribution in [1.29, 1.82) is 0 Å². The van der Waals surface area contributed by atoms with E-state index in [2.05, 4.69) is 17.6 Å². The van der Waals surface area contributed by atoms with Crippen molar-refractivity contribution in [3.05, 3.63) is 45.3 Å². The first-order valence-corrected chi connectivity index (χ1v) is 10.4. The predicted molar refractivity (Wildman–Crippen MR) is 113 cm³/mol. The first-order valence-electron chi connectivity index (χ1n) is 9.18. The van der Waals surface area contributed by atoms with Crippen LogP contribution in [0, 0.1) is 11.3 Å². The summed E-state index contributed by atoms with van der Waals surface area (Å²) in [5, 5.41) is 7.21. The molecule has 1 aromatic heterocycles. The maximum Gasteiger partial charge on any atom is 0.258 e. The lowest BCUT2D eigenvalue weighted by atomic mass is 9.88. The van der Waals surface area contributed by atoms with Gasteiger partial charge in [-0.05, 0) is 55.0 Å². The highest BCUT2D eigenvalue weighted by Gasteiger charge is 2.30. The highest BCUT2D eigenvalue weighted by atomic mass is 35.5. The van der Waals surface area contributed by atoms with Crippen LogP contribution in [0.2, 0.25) is 5.02 Å². The Morgan fingerprint density at radius 1 is 1.15 bits per heavy atom. The fourth-order valence-electron chi connectivity index (χ4n) is 3.10. The van der Waals surface area contributed by atoms with Gasteiger partial charge in [-0.15, -0.1) is 11.3 Å². The summed E-state index contributed by atoms with van der Waals surface area (Å²) < 4.78 is 0. The zero-order valence-electron chi connectivity index (χ0n) is 16.1. The number of thiophene rings is 1. The summed E-state index contributed by atoms with van der Waals surface area (Å²) in [5.41, 5.74) is 1.84. The summed E-state index contributed by atoms with van der Waals surface area (Å²) in [5.74, 6) is 0.317. The molecule has 0 saturated carbocycles. The van der Waals surface area contributed by atoms with Gasteiger partial charge in [0.1, 0.15) is 5.00 Å². The molecular formula is C21H25ClN2O2S. The number of carbonyl (C=O) groups excluding carboxylic acids is 2. The topological polar surface area (TPSA) is 58.2 Å². The summed E-state index contributed by atoms with van der Waals surface area (Å²) >= 11 is 7.46. The van der Waals surface area contributed by atoms with Gasteiger partial charge in [0, 0.05) is 21.0 Å². The van der Waals surface area contributed by atoms with Crippen LogP contribution in [0.3, 0.4) is 0 Å². The van der Waals surface area contributed by atoms with Crippen molar-refractivity contribution in [1.82, 2.24) is 0 Å². The number of amides is 2. The monoisotopic (exact) mass is 404 g/mol. The van der Waals surface area contributed by atoms with E-state index in [1.807, 2.05) is 20.8 Å². The number of fused-ring (bicyclic) bond motifs is 1. The maximum atomic E-state index is 13.1. The standard InChI is InChI=1S/C21H25ClN2O2S/c1-12-5-10-15-16(11-12)27-19(24-20(26)21(2,3)4)17(15)18(25)23-14-8-6-13(22)7-9-14/h6-9,12H,5,10-11H2,1-4H3,(H,23,25)(H,24,26). The summed E-state index contributed by atoms with van der Waals surface area (Å²) in [4.78, 5) is 26.8. The number of nitrogens with one attached hydrogen (secondary N) is 2. The SMILES string of the molecule is CC1CCc2c(sc(NC(=O)C(C)(C)C)c2C(=O)Nc2ccc(Cl)cc2)C1. The van der Waals surface area contributed by atoms with Crippen molar-refractivity contribution in [2.45, 2.75) is 47.0 Å². The van der Waals surface area contributed by atoms with Crippen LogP contribution in [-0.2, 0) is 17.6 Å². The number of carbonyl (C=O) groups is 2. The van der Waals surface area contributed by atoms with Gasteiger partial charge >= 0.3 is 0 Å². The molecule has 1 aromatic carbocycles. The minimum atomic E-state index is -0.526. The number of anilines is 2. The number of hydrogen-bond acceptors (Lipinski definition) is 3. The summed E-state index contributed by atoms with van der Waals surface area (Å²) in [7, 11) is 0. The number of halogens is 1. The zero-order valence-corrected chi connectivity index (χ0v) is 17.7. The third-order valence-corrected chi connectivity index (χ3v) is 6.17. The number of hydrogen-bond donors (Lipinski definition) is 2. The Labute approximate surface area is 169 Å². The Bertz CT molecular complexity index is 866. The van der Waals surface area contributed by atoms with Crippen LogP contribution in [0.1, 0.15) is 54.9 Å². The van der Waals surface area contributed by atoms with Gasteiger partial charge < -0.3 is 10.6 Å². The third kappa shape index (κ3) is 4.53. The minimum Gasteiger partial charge on any atom is -0.322 e. The Morgan fingerprint density at radius 3 is 2.44 bits per heavy atom. The van der Waals surface area contributed by atoms with Gasteiger partial charge in [-0.25, -0.2) is 0 Å². The smallest absolute Gasteiger partial charge is 0.258 e. The van der Waals surface area contributed by atoms with Crippen molar-refractivity contribution >= 4 is 45.4 Å². The van der Waals surface area contributed by atoms with Crippen LogP contribution in [0.25, 0.3) is 0 Å². The Hall–Kier alpha value is -1.85. The maximum absolute atomic E-state index is 13.1. The van der Waals surface area contributed by atoms with E-state index in [1.54, 1.807) is 24.3 Å². The van der Waals surface area contributed by atoms with Crippen LogP contribution in [0.5, 0.6) is 0 Å². The van der Waals surface area contributed by atoms with Gasteiger partial charge in [-0.1, -0.05) is 39.3 Å². The molecule has 1 unspecified atom stereocenters. The van der Waals surface area contributed by atoms with Crippen LogP contribution < -0.4 is 10.6 Å². The molecule has 3 rings (SSSR count). The van der Waals surface area contributed by atoms with Crippen LogP contribution in [-0.4, -0.2) is 11.8 Å². The normalized spacial score (nSPS) is 16.6. The lowest BCUT2D eigenvalue weighted by Crippen LogP contribution is -2.28. The molecule has 2 amide bonds. The van der Waals surface area contributed by atoms with Gasteiger partial charge in [-0.3, -0.25) is 9.59 Å². The molecule has 0 saturated heterocycles. The second-order valence-corrected chi connectivity index (χ2v) is 9.76. The van der Waals surface area contributed by atoms with Gasteiger partial charge in [0.15, 0.2) is 0 Å². The Kier molecular flexibility index (Phi) is 5.63. The van der Waals surface area contributed by atoms with E-state index in [0.29, 0.717) is 27.2 Å². The molecule has 1 aliphatic carbocycles. The van der Waals surface area contributed by atoms with Gasteiger partial charge in [-0.2, -0.15) is 0 Å². The summed E-state index contributed by atoms with van der Waals surface area (Å²) in [6.45, 7) is 7.83. The van der Waals surface area contributed by atoms with Gasteiger partial charge in [0.2, 0.25) is 5.91 Å². The van der Waals surface area contributed by atoms with Crippen molar-refractivity contribution < 1.29 is 9.59 Å². The van der Waals surface area contributed by atoms with E-state index in [0.717, 1.165) is 24.8 Å². The second kappa shape index (κ2) is 7.64. The lowest BCUT2D eigenvalue weighted by molar-refractivity contribution is -0.123. The molecular weight excluding hydrogens is 380 g/mol. The third-order valence-electron chi connectivity index (χ3n) is 4.75. The second-order valence-electron chi connectivity index (χ2n) is 8.22. The van der Waals surface area contributed by atoms with Crippen molar-refractivity contribution in [3.8, 4) is 0 Å². The largest absolute Gasteiger partial charge is 0.322 e. The minimum absolute atomic E-state index is 0.0883. The average Bonchev–Trinajstić information content (AvgIpc) is 2.93. The molecule has 4 nitrogen and oxygen atoms in total. The van der Waals surface area contributed by atoms with E-state index in [4.69, 9.17) is 11.6 Å². The number of rotatable bonds is 3. The van der Waals surface area contributed by atoms with Gasteiger partial charge in [0.25, 0.3) is 5.91 Å². The molecule has 1 atom stereocenters. The van der Waals surface area contributed by atoms with E-state index in [1.165, 1.54) is 16.2 Å². The molecule has 1 heterocycles. The van der Waals surface area contributed by atoms with E-state index in [-0.39, 0.29) is 11.8 Å². The van der Waals surface area contributed by atoms with Gasteiger partial charge in [0.05, 0.1) is 5.56 Å². The first kappa shape index (κ1) is 19.9. The summed E-state index contributed by atoms with van der Waals surface area (Å²) in [6.07, 6.45) is 2.87. The highest BCUT2D eigenvalue weighted by Crippen LogP contribution is 2.40. The van der Waals surface area contributed by atoms with Crippen LogP contribution in [0.4, 0.5) is 10.7 Å². The molecule has 0 radical (unpaired) electrons. The quantitative estimate of drug-likeness (QED) is 0.682. The Morgan fingerprint density at radius 2 is 1.81 bits per heavy atom. The van der Waals surface area contributed by atoms with E-state index >= 15 is 0 Å². The summed E-state index contributed by atoms with van der Waals surface area (Å²) in [6, 6.07) is 7.03. The van der Waals surface area contributed by atoms with Crippen molar-refractivity contribution in [2.75, 3.05) is 10.6 Å². The van der Waals surface area contributed by atoms with Crippen molar-refractivity contribution in [2.24, 2.45) is 11.3 Å². The molecule has 0 fully saturated rings. The first-order chi connectivity index (χ1) is 12.6. The highest BCUT2D eigenvalue weighted by molar-refractivity contribution is 7.17. The molecule has 2 aromatic rings. The van der Waals surface area contributed by atoms with E-state index < -0.39 is 5.41 Å². The molecule has 144 valence electrons. The van der Waals surface area contributed by atoms with Crippen LogP contribution in [0.15, 0.2) is 24.3 Å². The molecule has 0 spiro atoms. The fraction of sp³-hybridized carbons (Fsp3) is 0.429. The molecule has 1 aliphatic rings. The lowest BCUT2D eigenvalue weighted by Gasteiger charge is -2.19. The fourth-order valence-corrected chi connectivity index (χ4v) is 4.63. The number of benzene rings is 1. The predicted octanol–water partition coefficient (Wildman–Crippen LogP) is 5.76. The average molecular weight is 405 g/mol. The van der Waals surface area contributed by atoms with E-state index in [9.17, 15) is 9.59 Å².